The number of nitrogens with two attached hydrogens (primary N) is 1. The summed E-state index contributed by atoms with van der Waals surface area (Å²) in [4.78, 5) is 1.97. The van der Waals surface area contributed by atoms with Gasteiger partial charge in [0.15, 0.2) is 0 Å². The van der Waals surface area contributed by atoms with E-state index in [0.29, 0.717) is 11.3 Å². The molecule has 2 aromatic rings. The van der Waals surface area contributed by atoms with E-state index in [4.69, 9.17) is 18.0 Å². The van der Waals surface area contributed by atoms with Crippen LogP contribution in [0.25, 0.3) is 0 Å². The van der Waals surface area contributed by atoms with Crippen LogP contribution >= 0.6 is 12.2 Å². The Morgan fingerprint density at radius 2 is 1.83 bits per heavy atom. The number of anilines is 2. The highest BCUT2D eigenvalue weighted by Crippen LogP contribution is 2.26. The monoisotopic (exact) mass is 260 g/mol. The molecule has 0 saturated carbocycles. The Hall–Kier alpha value is -1.94. The van der Waals surface area contributed by atoms with Gasteiger partial charge in [-0.25, -0.2) is 4.39 Å². The highest BCUT2D eigenvalue weighted by Gasteiger charge is 2.10. The van der Waals surface area contributed by atoms with Crippen molar-refractivity contribution in [3.05, 3.63) is 59.9 Å². The third-order valence-electron chi connectivity index (χ3n) is 2.74. The van der Waals surface area contributed by atoms with Gasteiger partial charge in [0.05, 0.1) is 5.69 Å². The standard InChI is InChI=1S/C14H13FN2S/c1-17(11-5-3-2-4-6-11)13-8-7-10(14(16)18)9-12(13)15/h2-9H,1H3,(H2,16,18). The van der Waals surface area contributed by atoms with Gasteiger partial charge in [-0.3, -0.25) is 0 Å². The zero-order valence-corrected chi connectivity index (χ0v) is 10.7. The van der Waals surface area contributed by atoms with Gasteiger partial charge in [-0.1, -0.05) is 30.4 Å². The second kappa shape index (κ2) is 5.14. The fourth-order valence-corrected chi connectivity index (χ4v) is 1.85. The average Bonchev–Trinajstić information content (AvgIpc) is 2.38. The summed E-state index contributed by atoms with van der Waals surface area (Å²) in [6.45, 7) is 0. The molecule has 0 spiro atoms. The number of hydrogen-bond donors (Lipinski definition) is 1. The number of nitrogens with zero attached hydrogens (tertiary/aromatic N) is 1. The van der Waals surface area contributed by atoms with Gasteiger partial charge in [0.25, 0.3) is 0 Å². The van der Waals surface area contributed by atoms with Crippen LogP contribution in [0.5, 0.6) is 0 Å². The predicted octanol–water partition coefficient (Wildman–Crippen LogP) is 3.23. The van der Waals surface area contributed by atoms with Gasteiger partial charge in [0.1, 0.15) is 10.8 Å². The quantitative estimate of drug-likeness (QED) is 0.859. The zero-order valence-electron chi connectivity index (χ0n) is 9.93. The lowest BCUT2D eigenvalue weighted by Gasteiger charge is -2.20. The van der Waals surface area contributed by atoms with Gasteiger partial charge in [-0.05, 0) is 30.3 Å². The smallest absolute Gasteiger partial charge is 0.147 e. The number of benzene rings is 2. The van der Waals surface area contributed by atoms with E-state index in [0.717, 1.165) is 5.69 Å². The van der Waals surface area contributed by atoms with E-state index in [1.54, 1.807) is 17.0 Å². The first-order valence-corrected chi connectivity index (χ1v) is 5.88. The Bertz CT molecular complexity index is 569. The first-order valence-electron chi connectivity index (χ1n) is 5.47. The number of thiocarbonyl (C=S) groups is 1. The molecular weight excluding hydrogens is 247 g/mol. The summed E-state index contributed by atoms with van der Waals surface area (Å²) >= 11 is 4.82. The molecule has 0 unspecified atom stereocenters. The first kappa shape index (κ1) is 12.5. The third kappa shape index (κ3) is 2.49. The Kier molecular flexibility index (Phi) is 3.58. The van der Waals surface area contributed by atoms with E-state index in [1.807, 2.05) is 37.4 Å². The molecule has 18 heavy (non-hydrogen) atoms. The van der Waals surface area contributed by atoms with Crippen LogP contribution in [0, 0.1) is 5.82 Å². The second-order valence-corrected chi connectivity index (χ2v) is 4.36. The largest absolute Gasteiger partial charge is 0.389 e. The van der Waals surface area contributed by atoms with Crippen LogP contribution in [-0.2, 0) is 0 Å². The number of para-hydroxylation sites is 1. The molecule has 2 aromatic carbocycles. The highest BCUT2D eigenvalue weighted by molar-refractivity contribution is 7.80. The van der Waals surface area contributed by atoms with E-state index >= 15 is 0 Å². The molecule has 0 amide bonds. The molecule has 0 atom stereocenters. The maximum Gasteiger partial charge on any atom is 0.147 e. The molecule has 4 heteroatoms. The molecular formula is C14H13FN2S. The van der Waals surface area contributed by atoms with Crippen LogP contribution < -0.4 is 10.6 Å². The second-order valence-electron chi connectivity index (χ2n) is 3.93. The molecule has 0 fully saturated rings. The zero-order chi connectivity index (χ0) is 13.1. The highest BCUT2D eigenvalue weighted by atomic mass is 32.1. The summed E-state index contributed by atoms with van der Waals surface area (Å²) in [6, 6.07) is 14.3. The molecule has 0 saturated heterocycles. The van der Waals surface area contributed by atoms with E-state index in [-0.39, 0.29) is 10.8 Å². The Labute approximate surface area is 111 Å². The van der Waals surface area contributed by atoms with Gasteiger partial charge in [-0.15, -0.1) is 0 Å². The van der Waals surface area contributed by atoms with E-state index in [1.165, 1.54) is 6.07 Å². The Morgan fingerprint density at radius 3 is 2.39 bits per heavy atom. The maximum absolute atomic E-state index is 14.0. The molecule has 0 radical (unpaired) electrons. The average molecular weight is 260 g/mol. The van der Waals surface area contributed by atoms with Crippen LogP contribution in [0.15, 0.2) is 48.5 Å². The summed E-state index contributed by atoms with van der Waals surface area (Å²) in [7, 11) is 1.81. The molecule has 0 heterocycles. The molecule has 2 N–H and O–H groups in total. The van der Waals surface area contributed by atoms with E-state index in [9.17, 15) is 4.39 Å². The lowest BCUT2D eigenvalue weighted by atomic mass is 10.1. The third-order valence-corrected chi connectivity index (χ3v) is 2.97. The molecule has 0 aliphatic carbocycles. The van der Waals surface area contributed by atoms with Crippen LogP contribution in [0.3, 0.4) is 0 Å². The van der Waals surface area contributed by atoms with Gasteiger partial charge >= 0.3 is 0 Å². The van der Waals surface area contributed by atoms with Crippen molar-refractivity contribution in [2.45, 2.75) is 0 Å². The molecule has 92 valence electrons. The number of hydrogen-bond acceptors (Lipinski definition) is 2. The minimum absolute atomic E-state index is 0.197. The molecule has 0 aliphatic rings. The van der Waals surface area contributed by atoms with Crippen molar-refractivity contribution in [3.8, 4) is 0 Å². The van der Waals surface area contributed by atoms with Crippen molar-refractivity contribution < 1.29 is 4.39 Å². The predicted molar refractivity (Wildman–Crippen MR) is 76.8 cm³/mol. The summed E-state index contributed by atoms with van der Waals surface area (Å²) in [5.41, 5.74) is 7.41. The van der Waals surface area contributed by atoms with Crippen LogP contribution in [-0.4, -0.2) is 12.0 Å². The van der Waals surface area contributed by atoms with Crippen molar-refractivity contribution in [2.24, 2.45) is 5.73 Å². The molecule has 0 aromatic heterocycles. The normalized spacial score (nSPS) is 10.1. The topological polar surface area (TPSA) is 29.3 Å². The maximum atomic E-state index is 14.0. The van der Waals surface area contributed by atoms with Gasteiger partial charge in [0.2, 0.25) is 0 Å². The lowest BCUT2D eigenvalue weighted by Crippen LogP contribution is -2.13. The van der Waals surface area contributed by atoms with Gasteiger partial charge in [-0.2, -0.15) is 0 Å². The Morgan fingerprint density at radius 1 is 1.17 bits per heavy atom. The summed E-state index contributed by atoms with van der Waals surface area (Å²) in [5.74, 6) is -0.341. The summed E-state index contributed by atoms with van der Waals surface area (Å²) < 4.78 is 14.0. The molecule has 0 aliphatic heterocycles. The van der Waals surface area contributed by atoms with Crippen molar-refractivity contribution in [2.75, 3.05) is 11.9 Å². The summed E-state index contributed by atoms with van der Waals surface area (Å²) in [5, 5.41) is 0. The minimum Gasteiger partial charge on any atom is -0.389 e. The van der Waals surface area contributed by atoms with Crippen molar-refractivity contribution in [1.29, 1.82) is 0 Å². The number of halogens is 1. The molecule has 2 rings (SSSR count). The lowest BCUT2D eigenvalue weighted by molar-refractivity contribution is 0.627. The van der Waals surface area contributed by atoms with Crippen LogP contribution in [0.1, 0.15) is 5.56 Å². The van der Waals surface area contributed by atoms with E-state index in [2.05, 4.69) is 0 Å². The Balaban J connectivity index is 2.37. The van der Waals surface area contributed by atoms with Crippen molar-refractivity contribution in [1.82, 2.24) is 0 Å². The van der Waals surface area contributed by atoms with Crippen molar-refractivity contribution in [3.63, 3.8) is 0 Å². The molecule has 2 nitrogen and oxygen atoms in total. The van der Waals surface area contributed by atoms with Crippen LogP contribution in [0.4, 0.5) is 15.8 Å². The van der Waals surface area contributed by atoms with E-state index < -0.39 is 0 Å². The van der Waals surface area contributed by atoms with Crippen molar-refractivity contribution >= 4 is 28.6 Å². The summed E-state index contributed by atoms with van der Waals surface area (Å²) in [6.07, 6.45) is 0. The number of rotatable bonds is 3. The van der Waals surface area contributed by atoms with Gasteiger partial charge < -0.3 is 10.6 Å². The fraction of sp³-hybridized carbons (Fsp3) is 0.0714. The fourth-order valence-electron chi connectivity index (χ4n) is 1.72. The minimum atomic E-state index is -0.341. The first-order chi connectivity index (χ1) is 8.59. The van der Waals surface area contributed by atoms with Gasteiger partial charge in [0, 0.05) is 18.3 Å². The molecule has 0 bridgehead atoms. The SMILES string of the molecule is CN(c1ccccc1)c1ccc(C(N)=S)cc1F. The van der Waals surface area contributed by atoms with Crippen LogP contribution in [0.2, 0.25) is 0 Å².